The minimum absolute atomic E-state index is 0.467. The Labute approximate surface area is 121 Å². The molecule has 2 aliphatic heterocycles. The number of nitrogens with two attached hydrogens (primary N) is 1. The van der Waals surface area contributed by atoms with E-state index in [9.17, 15) is 0 Å². The molecule has 1 unspecified atom stereocenters. The van der Waals surface area contributed by atoms with Crippen molar-refractivity contribution in [3.8, 4) is 12.3 Å². The van der Waals surface area contributed by atoms with Gasteiger partial charge in [-0.2, -0.15) is 0 Å². The summed E-state index contributed by atoms with van der Waals surface area (Å²) in [7, 11) is -1.31. The maximum absolute atomic E-state index is 5.88. The molecule has 0 bridgehead atoms. The van der Waals surface area contributed by atoms with Crippen LogP contribution in [0.5, 0.6) is 0 Å². The van der Waals surface area contributed by atoms with E-state index in [-0.39, 0.29) is 0 Å². The number of anilines is 1. The first-order valence-corrected chi connectivity index (χ1v) is 9.20. The lowest BCUT2D eigenvalue weighted by Crippen LogP contribution is -2.13. The van der Waals surface area contributed by atoms with Gasteiger partial charge in [0.25, 0.3) is 0 Å². The van der Waals surface area contributed by atoms with E-state index in [0.717, 1.165) is 11.7 Å². The van der Waals surface area contributed by atoms with E-state index in [1.54, 1.807) is 0 Å². The van der Waals surface area contributed by atoms with Gasteiger partial charge in [-0.3, -0.25) is 9.34 Å². The van der Waals surface area contributed by atoms with Crippen molar-refractivity contribution in [3.63, 3.8) is 0 Å². The van der Waals surface area contributed by atoms with Crippen LogP contribution in [0.25, 0.3) is 0 Å². The van der Waals surface area contributed by atoms with Gasteiger partial charge in [0.1, 0.15) is 0 Å². The van der Waals surface area contributed by atoms with Crippen LogP contribution in [0.2, 0.25) is 0 Å². The van der Waals surface area contributed by atoms with Gasteiger partial charge in [0, 0.05) is 44.6 Å². The predicted octanol–water partition coefficient (Wildman–Crippen LogP) is 2.26. The first-order valence-electron chi connectivity index (χ1n) is 7.14. The smallest absolute Gasteiger partial charge is 0.0475 e. The second-order valence-electron chi connectivity index (χ2n) is 5.86. The Morgan fingerprint density at radius 3 is 2.45 bits per heavy atom. The highest BCUT2D eigenvalue weighted by Gasteiger charge is 2.41. The van der Waals surface area contributed by atoms with Crippen LogP contribution >= 0.6 is 7.19 Å². The maximum atomic E-state index is 5.88. The molecule has 2 N–H and O–H groups in total. The lowest BCUT2D eigenvalue weighted by molar-refractivity contribution is 0.751. The lowest BCUT2D eigenvalue weighted by atomic mass is 10.00. The Kier molecular flexibility index (Phi) is 3.42. The standard InChI is InChI=1S/C16H22N3P/c1-4-14-11-15(5-6-16(14)17)13(2)12-20(3,18-7-8-18)19-9-10-19/h1,5-6,11,13H,3,7-10,12,17H2,2H3. The largest absolute Gasteiger partial charge is 0.398 e. The molecule has 2 saturated heterocycles. The average Bonchev–Trinajstić information content (AvgIpc) is 3.31. The van der Waals surface area contributed by atoms with Crippen molar-refractivity contribution < 1.29 is 0 Å². The second-order valence-corrected chi connectivity index (χ2v) is 9.11. The minimum Gasteiger partial charge on any atom is -0.398 e. The summed E-state index contributed by atoms with van der Waals surface area (Å²) in [6.07, 6.45) is 11.3. The molecule has 3 nitrogen and oxygen atoms in total. The topological polar surface area (TPSA) is 32.0 Å². The van der Waals surface area contributed by atoms with Gasteiger partial charge in [-0.05, 0) is 29.8 Å². The van der Waals surface area contributed by atoms with Gasteiger partial charge in [0.2, 0.25) is 0 Å². The molecular formula is C16H22N3P. The monoisotopic (exact) mass is 287 g/mol. The molecular weight excluding hydrogens is 265 g/mol. The molecule has 3 rings (SSSR count). The number of benzene rings is 1. The van der Waals surface area contributed by atoms with Gasteiger partial charge in [-0.25, -0.2) is 0 Å². The Morgan fingerprint density at radius 2 is 1.95 bits per heavy atom. The Balaban J connectivity index is 1.80. The molecule has 0 saturated carbocycles. The van der Waals surface area contributed by atoms with Crippen molar-refractivity contribution in [1.29, 1.82) is 0 Å². The van der Waals surface area contributed by atoms with Gasteiger partial charge in [-0.1, -0.05) is 25.2 Å². The van der Waals surface area contributed by atoms with Gasteiger partial charge in [0.15, 0.2) is 0 Å². The van der Waals surface area contributed by atoms with Crippen LogP contribution in [0.4, 0.5) is 5.69 Å². The van der Waals surface area contributed by atoms with Crippen LogP contribution in [-0.2, 0) is 0 Å². The Hall–Kier alpha value is -1.20. The van der Waals surface area contributed by atoms with E-state index in [0.29, 0.717) is 11.6 Å². The first-order chi connectivity index (χ1) is 9.54. The molecule has 20 heavy (non-hydrogen) atoms. The Morgan fingerprint density at radius 1 is 1.35 bits per heavy atom. The molecule has 0 aliphatic carbocycles. The number of hydrogen-bond donors (Lipinski definition) is 1. The van der Waals surface area contributed by atoms with E-state index in [1.165, 1.54) is 31.7 Å². The number of nitrogen functional groups attached to an aromatic ring is 1. The van der Waals surface area contributed by atoms with Crippen molar-refractivity contribution in [2.45, 2.75) is 12.8 Å². The van der Waals surface area contributed by atoms with Crippen LogP contribution in [0.1, 0.15) is 24.0 Å². The molecule has 106 valence electrons. The highest BCUT2D eigenvalue weighted by molar-refractivity contribution is 7.69. The number of rotatable bonds is 5. The zero-order valence-corrected chi connectivity index (χ0v) is 12.9. The van der Waals surface area contributed by atoms with Crippen LogP contribution in [0.3, 0.4) is 0 Å². The maximum Gasteiger partial charge on any atom is 0.0475 e. The van der Waals surface area contributed by atoms with Gasteiger partial charge in [0.05, 0.1) is 0 Å². The summed E-state index contributed by atoms with van der Waals surface area (Å²) in [4.78, 5) is 0. The van der Waals surface area contributed by atoms with E-state index in [4.69, 9.17) is 12.2 Å². The molecule has 1 atom stereocenters. The molecule has 2 aliphatic rings. The summed E-state index contributed by atoms with van der Waals surface area (Å²) < 4.78 is 5.13. The first kappa shape index (κ1) is 13.8. The highest BCUT2D eigenvalue weighted by Crippen LogP contribution is 2.61. The normalized spacial score (nSPS) is 20.4. The summed E-state index contributed by atoms with van der Waals surface area (Å²) in [5.41, 5.74) is 8.66. The summed E-state index contributed by atoms with van der Waals surface area (Å²) in [6, 6.07) is 6.10. The molecule has 1 aromatic rings. The molecule has 4 heteroatoms. The molecule has 0 radical (unpaired) electrons. The second kappa shape index (κ2) is 4.97. The predicted molar refractivity (Wildman–Crippen MR) is 89.3 cm³/mol. The third-order valence-corrected chi connectivity index (χ3v) is 8.31. The van der Waals surface area contributed by atoms with Crippen LogP contribution in [0, 0.1) is 12.3 Å². The zero-order chi connectivity index (χ0) is 14.3. The fraction of sp³-hybridized carbons (Fsp3) is 0.438. The SMILES string of the molecule is C#Cc1cc(C(C)CP(=C)(N2CC2)N2CC2)ccc1N. The van der Waals surface area contributed by atoms with Gasteiger partial charge >= 0.3 is 0 Å². The molecule has 0 spiro atoms. The van der Waals surface area contributed by atoms with Crippen molar-refractivity contribution >= 4 is 19.2 Å². The minimum atomic E-state index is -1.31. The Bertz CT molecular complexity index is 593. The zero-order valence-electron chi connectivity index (χ0n) is 12.0. The van der Waals surface area contributed by atoms with Crippen LogP contribution in [-0.4, -0.2) is 48.0 Å². The average molecular weight is 287 g/mol. The fourth-order valence-corrected chi connectivity index (χ4v) is 6.37. The van der Waals surface area contributed by atoms with Crippen molar-refractivity contribution in [2.24, 2.45) is 0 Å². The highest BCUT2D eigenvalue weighted by atomic mass is 31.2. The molecule has 1 aromatic carbocycles. The summed E-state index contributed by atoms with van der Waals surface area (Å²) in [5, 5.41) is 0. The van der Waals surface area contributed by atoms with E-state index < -0.39 is 7.19 Å². The molecule has 0 aromatic heterocycles. The van der Waals surface area contributed by atoms with E-state index in [2.05, 4.69) is 40.6 Å². The summed E-state index contributed by atoms with van der Waals surface area (Å²) in [5.74, 6) is 3.14. The van der Waals surface area contributed by atoms with Crippen molar-refractivity contribution in [3.05, 3.63) is 29.3 Å². The third kappa shape index (κ3) is 2.52. The third-order valence-electron chi connectivity index (χ3n) is 4.27. The molecule has 0 amide bonds. The number of hydrogen-bond acceptors (Lipinski definition) is 3. The molecule has 2 fully saturated rings. The van der Waals surface area contributed by atoms with Crippen LogP contribution < -0.4 is 5.73 Å². The van der Waals surface area contributed by atoms with Crippen molar-refractivity contribution in [2.75, 3.05) is 38.1 Å². The van der Waals surface area contributed by atoms with Gasteiger partial charge in [-0.15, -0.1) is 6.42 Å². The fourth-order valence-electron chi connectivity index (χ4n) is 2.79. The van der Waals surface area contributed by atoms with E-state index in [1.807, 2.05) is 6.07 Å². The summed E-state index contributed by atoms with van der Waals surface area (Å²) >= 11 is 0. The van der Waals surface area contributed by atoms with E-state index >= 15 is 0 Å². The lowest BCUT2D eigenvalue weighted by Gasteiger charge is -2.30. The number of nitrogens with zero attached hydrogens (tertiary/aromatic N) is 2. The number of terminal acetylenes is 1. The van der Waals surface area contributed by atoms with Gasteiger partial charge < -0.3 is 5.73 Å². The summed E-state index contributed by atoms with van der Waals surface area (Å²) in [6.45, 7) is 7.16. The quantitative estimate of drug-likeness (QED) is 0.390. The van der Waals surface area contributed by atoms with Crippen molar-refractivity contribution in [1.82, 2.24) is 9.34 Å². The van der Waals surface area contributed by atoms with Crippen LogP contribution in [0.15, 0.2) is 18.2 Å². The molecule has 2 heterocycles.